The molecule has 1 atom stereocenters. The van der Waals surface area contributed by atoms with Crippen molar-refractivity contribution in [2.24, 2.45) is 0 Å². The summed E-state index contributed by atoms with van der Waals surface area (Å²) >= 11 is 5.84. The van der Waals surface area contributed by atoms with E-state index in [9.17, 15) is 4.79 Å². The van der Waals surface area contributed by atoms with Crippen molar-refractivity contribution in [3.63, 3.8) is 0 Å². The molecular formula is C19H20ClNO. The van der Waals surface area contributed by atoms with Crippen molar-refractivity contribution in [1.82, 2.24) is 5.32 Å². The average molecular weight is 314 g/mol. The van der Waals surface area contributed by atoms with E-state index >= 15 is 0 Å². The van der Waals surface area contributed by atoms with E-state index in [2.05, 4.69) is 37.4 Å². The molecular weight excluding hydrogens is 294 g/mol. The summed E-state index contributed by atoms with van der Waals surface area (Å²) in [5.74, 6) is -0.108. The Morgan fingerprint density at radius 1 is 1.14 bits per heavy atom. The smallest absolute Gasteiger partial charge is 0.244 e. The van der Waals surface area contributed by atoms with Gasteiger partial charge in [-0.05, 0) is 55.7 Å². The van der Waals surface area contributed by atoms with E-state index in [-0.39, 0.29) is 11.9 Å². The molecule has 0 heterocycles. The lowest BCUT2D eigenvalue weighted by Crippen LogP contribution is -2.25. The van der Waals surface area contributed by atoms with Crippen LogP contribution in [0.5, 0.6) is 0 Å². The summed E-state index contributed by atoms with van der Waals surface area (Å²) < 4.78 is 0. The summed E-state index contributed by atoms with van der Waals surface area (Å²) in [5, 5.41) is 3.68. The summed E-state index contributed by atoms with van der Waals surface area (Å²) in [6.07, 6.45) is 3.33. The summed E-state index contributed by atoms with van der Waals surface area (Å²) in [7, 11) is 0. The molecule has 0 saturated carbocycles. The predicted octanol–water partition coefficient (Wildman–Crippen LogP) is 4.85. The van der Waals surface area contributed by atoms with E-state index in [0.29, 0.717) is 5.02 Å². The van der Waals surface area contributed by atoms with Gasteiger partial charge in [0.05, 0.1) is 6.04 Å². The number of rotatable bonds is 4. The molecule has 0 bridgehead atoms. The highest BCUT2D eigenvalue weighted by atomic mass is 35.5. The Morgan fingerprint density at radius 2 is 1.82 bits per heavy atom. The van der Waals surface area contributed by atoms with Gasteiger partial charge in [-0.3, -0.25) is 4.79 Å². The molecule has 2 nitrogen and oxygen atoms in total. The van der Waals surface area contributed by atoms with Crippen molar-refractivity contribution in [2.45, 2.75) is 26.8 Å². The Balaban J connectivity index is 2.02. The highest BCUT2D eigenvalue weighted by molar-refractivity contribution is 6.30. The standard InChI is InChI=1S/C19H20ClNO/c1-13-4-5-14(2)18(12-13)15(3)21-19(22)11-8-16-6-9-17(20)10-7-16/h4-12,15H,1-3H3,(H,21,22)/b11-8+/t15-/m0/s1. The van der Waals surface area contributed by atoms with Crippen molar-refractivity contribution < 1.29 is 4.79 Å². The minimum absolute atomic E-state index is 0.0257. The number of nitrogens with one attached hydrogen (secondary N) is 1. The van der Waals surface area contributed by atoms with Gasteiger partial charge in [0.1, 0.15) is 0 Å². The Kier molecular flexibility index (Phi) is 5.40. The molecule has 0 aliphatic rings. The molecule has 2 aromatic rings. The molecule has 0 aliphatic carbocycles. The number of amides is 1. The number of hydrogen-bond donors (Lipinski definition) is 1. The Morgan fingerprint density at radius 3 is 2.50 bits per heavy atom. The first-order valence-corrected chi connectivity index (χ1v) is 7.65. The second-order valence-electron chi connectivity index (χ2n) is 5.48. The molecule has 1 N–H and O–H groups in total. The fourth-order valence-corrected chi connectivity index (χ4v) is 2.44. The zero-order valence-corrected chi connectivity index (χ0v) is 13.8. The number of hydrogen-bond acceptors (Lipinski definition) is 1. The van der Waals surface area contributed by atoms with Gasteiger partial charge in [-0.25, -0.2) is 0 Å². The van der Waals surface area contributed by atoms with Gasteiger partial charge in [-0.1, -0.05) is 47.5 Å². The number of halogens is 1. The molecule has 0 aromatic heterocycles. The van der Waals surface area contributed by atoms with Crippen LogP contribution < -0.4 is 5.32 Å². The zero-order valence-electron chi connectivity index (χ0n) is 13.1. The lowest BCUT2D eigenvalue weighted by atomic mass is 10.00. The van der Waals surface area contributed by atoms with Crippen LogP contribution in [0.3, 0.4) is 0 Å². The van der Waals surface area contributed by atoms with Crippen LogP contribution >= 0.6 is 11.6 Å². The number of aryl methyl sites for hydroxylation is 2. The third kappa shape index (κ3) is 4.47. The summed E-state index contributed by atoms with van der Waals surface area (Å²) in [4.78, 5) is 12.0. The van der Waals surface area contributed by atoms with E-state index in [4.69, 9.17) is 11.6 Å². The molecule has 0 fully saturated rings. The first kappa shape index (κ1) is 16.3. The van der Waals surface area contributed by atoms with Crippen LogP contribution in [0.25, 0.3) is 6.08 Å². The molecule has 22 heavy (non-hydrogen) atoms. The van der Waals surface area contributed by atoms with Gasteiger partial charge in [0.2, 0.25) is 5.91 Å². The van der Waals surface area contributed by atoms with Crippen LogP contribution in [0.1, 0.15) is 35.2 Å². The SMILES string of the molecule is Cc1ccc(C)c([C@H](C)NC(=O)/C=C/c2ccc(Cl)cc2)c1. The minimum atomic E-state index is -0.108. The van der Waals surface area contributed by atoms with Crippen LogP contribution in [0.2, 0.25) is 5.02 Å². The zero-order chi connectivity index (χ0) is 16.1. The lowest BCUT2D eigenvalue weighted by Gasteiger charge is -2.16. The minimum Gasteiger partial charge on any atom is -0.346 e. The van der Waals surface area contributed by atoms with Crippen molar-refractivity contribution >= 4 is 23.6 Å². The summed E-state index contributed by atoms with van der Waals surface area (Å²) in [6, 6.07) is 13.6. The van der Waals surface area contributed by atoms with Crippen LogP contribution in [0, 0.1) is 13.8 Å². The van der Waals surface area contributed by atoms with E-state index < -0.39 is 0 Å². The molecule has 3 heteroatoms. The van der Waals surface area contributed by atoms with Crippen molar-refractivity contribution in [2.75, 3.05) is 0 Å². The fraction of sp³-hybridized carbons (Fsp3) is 0.211. The molecule has 2 aromatic carbocycles. The topological polar surface area (TPSA) is 29.1 Å². The van der Waals surface area contributed by atoms with Crippen LogP contribution in [-0.4, -0.2) is 5.91 Å². The first-order chi connectivity index (χ1) is 10.5. The molecule has 114 valence electrons. The van der Waals surface area contributed by atoms with E-state index in [1.807, 2.05) is 19.1 Å². The molecule has 0 radical (unpaired) electrons. The first-order valence-electron chi connectivity index (χ1n) is 7.27. The van der Waals surface area contributed by atoms with Crippen molar-refractivity contribution in [1.29, 1.82) is 0 Å². The van der Waals surface area contributed by atoms with Crippen molar-refractivity contribution in [3.05, 3.63) is 75.8 Å². The maximum absolute atomic E-state index is 12.0. The second-order valence-corrected chi connectivity index (χ2v) is 5.91. The van der Waals surface area contributed by atoms with E-state index in [0.717, 1.165) is 11.1 Å². The lowest BCUT2D eigenvalue weighted by molar-refractivity contribution is -0.117. The highest BCUT2D eigenvalue weighted by Gasteiger charge is 2.10. The molecule has 1 amide bonds. The van der Waals surface area contributed by atoms with Crippen molar-refractivity contribution in [3.8, 4) is 0 Å². The molecule has 0 unspecified atom stereocenters. The second kappa shape index (κ2) is 7.28. The van der Waals surface area contributed by atoms with E-state index in [1.165, 1.54) is 11.1 Å². The van der Waals surface area contributed by atoms with Gasteiger partial charge in [-0.2, -0.15) is 0 Å². The van der Waals surface area contributed by atoms with Crippen LogP contribution in [0.4, 0.5) is 0 Å². The summed E-state index contributed by atoms with van der Waals surface area (Å²) in [6.45, 7) is 6.11. The normalized spacial score (nSPS) is 12.4. The maximum atomic E-state index is 12.0. The average Bonchev–Trinajstić information content (AvgIpc) is 2.49. The number of carbonyl (C=O) groups excluding carboxylic acids is 1. The number of benzene rings is 2. The van der Waals surface area contributed by atoms with Gasteiger partial charge in [-0.15, -0.1) is 0 Å². The summed E-state index contributed by atoms with van der Waals surface area (Å²) in [5.41, 5.74) is 4.46. The van der Waals surface area contributed by atoms with Crippen LogP contribution in [0.15, 0.2) is 48.5 Å². The number of carbonyl (C=O) groups is 1. The fourth-order valence-electron chi connectivity index (χ4n) is 2.31. The Labute approximate surface area is 136 Å². The molecule has 2 rings (SSSR count). The van der Waals surface area contributed by atoms with Crippen LogP contribution in [-0.2, 0) is 4.79 Å². The largest absolute Gasteiger partial charge is 0.346 e. The Hall–Kier alpha value is -2.06. The van der Waals surface area contributed by atoms with Gasteiger partial charge in [0, 0.05) is 11.1 Å². The highest BCUT2D eigenvalue weighted by Crippen LogP contribution is 2.19. The van der Waals surface area contributed by atoms with E-state index in [1.54, 1.807) is 24.3 Å². The van der Waals surface area contributed by atoms with Gasteiger partial charge >= 0.3 is 0 Å². The monoisotopic (exact) mass is 313 g/mol. The van der Waals surface area contributed by atoms with Gasteiger partial charge < -0.3 is 5.32 Å². The quantitative estimate of drug-likeness (QED) is 0.803. The predicted molar refractivity (Wildman–Crippen MR) is 93.0 cm³/mol. The molecule has 0 aliphatic heterocycles. The van der Waals surface area contributed by atoms with Gasteiger partial charge in [0.25, 0.3) is 0 Å². The third-order valence-electron chi connectivity index (χ3n) is 3.56. The molecule has 0 spiro atoms. The molecule has 0 saturated heterocycles. The Bertz CT molecular complexity index is 689. The maximum Gasteiger partial charge on any atom is 0.244 e. The van der Waals surface area contributed by atoms with Gasteiger partial charge in [0.15, 0.2) is 0 Å². The third-order valence-corrected chi connectivity index (χ3v) is 3.81.